The van der Waals surface area contributed by atoms with Gasteiger partial charge < -0.3 is 16.6 Å². The molecular formula is C22H33ClN5O4+. The lowest BCUT2D eigenvalue weighted by Crippen LogP contribution is -2.67. The molecule has 1 heterocycles. The number of halogens is 1. The van der Waals surface area contributed by atoms with Crippen LogP contribution in [0.5, 0.6) is 0 Å². The second kappa shape index (κ2) is 9.56. The standard InChI is InChI=1S/C22H31N5O4.ClH/c1-13(2)9-17(26-11-18(28)29)20(30)27(8-7-16-10-22(16,27)21(25)31)12-14-3-5-15(6-4-14)19(23)24;/h3-6,13,16-17,26H,7-12H2,1-2H3,(H5-,23,24,25,28,29,31);1H/p+1/t16-,17-,22+,27?;/m1./s1. The molecule has 0 radical (unpaired) electrons. The number of nitrogens with two attached hydrogens (primary N) is 2. The van der Waals surface area contributed by atoms with E-state index in [1.54, 1.807) is 12.1 Å². The fourth-order valence-corrected chi connectivity index (χ4v) is 5.23. The largest absolute Gasteiger partial charge is 0.480 e. The Balaban J connectivity index is 0.00000363. The van der Waals surface area contributed by atoms with E-state index in [1.165, 1.54) is 0 Å². The number of nitrogens with zero attached hydrogens (tertiary/aromatic N) is 1. The molecule has 1 aromatic rings. The minimum atomic E-state index is -1.04. The van der Waals surface area contributed by atoms with Gasteiger partial charge in [0.1, 0.15) is 18.4 Å². The second-order valence-electron chi connectivity index (χ2n) is 9.23. The van der Waals surface area contributed by atoms with Crippen LogP contribution in [0.15, 0.2) is 24.3 Å². The normalized spacial score (nSPS) is 26.7. The van der Waals surface area contributed by atoms with Crippen LogP contribution in [0, 0.1) is 17.2 Å². The fourth-order valence-electron chi connectivity index (χ4n) is 5.23. The zero-order valence-electron chi connectivity index (χ0n) is 18.5. The molecule has 1 unspecified atom stereocenters. The summed E-state index contributed by atoms with van der Waals surface area (Å²) in [6.45, 7) is 4.40. The number of carbonyl (C=O) groups excluding carboxylic acids is 2. The van der Waals surface area contributed by atoms with E-state index in [-0.39, 0.29) is 47.0 Å². The third-order valence-electron chi connectivity index (χ3n) is 6.77. The molecule has 1 saturated heterocycles. The number of hydrogen-bond acceptors (Lipinski definition) is 5. The molecule has 10 heteroatoms. The van der Waals surface area contributed by atoms with Crippen molar-refractivity contribution in [3.05, 3.63) is 35.4 Å². The summed E-state index contributed by atoms with van der Waals surface area (Å²) in [4.78, 5) is 37.8. The number of benzene rings is 1. The van der Waals surface area contributed by atoms with Crippen molar-refractivity contribution in [3.8, 4) is 0 Å². The average molecular weight is 467 g/mol. The summed E-state index contributed by atoms with van der Waals surface area (Å²) in [6.07, 6.45) is 1.77. The number of quaternary nitrogens is 1. The quantitative estimate of drug-likeness (QED) is 0.196. The molecule has 2 aliphatic rings. The van der Waals surface area contributed by atoms with Gasteiger partial charge in [-0.1, -0.05) is 38.1 Å². The Morgan fingerprint density at radius 2 is 1.88 bits per heavy atom. The van der Waals surface area contributed by atoms with Gasteiger partial charge in [0, 0.05) is 29.9 Å². The SMILES string of the molecule is CC(C)C[C@@H](NCC(=O)O)C(=O)[N+]1(Cc2ccc(C(=N)N)cc2)CC[C@@H]2C[C@@]21C(N)=O.Cl. The highest BCUT2D eigenvalue weighted by molar-refractivity contribution is 5.95. The highest BCUT2D eigenvalue weighted by Gasteiger charge is 2.79. The van der Waals surface area contributed by atoms with Gasteiger partial charge in [-0.3, -0.25) is 20.3 Å². The lowest BCUT2D eigenvalue weighted by atomic mass is 9.98. The van der Waals surface area contributed by atoms with Gasteiger partial charge >= 0.3 is 11.9 Å². The molecule has 4 atom stereocenters. The number of carboxylic acids is 1. The summed E-state index contributed by atoms with van der Waals surface area (Å²) in [7, 11) is 0. The highest BCUT2D eigenvalue weighted by atomic mass is 35.5. The molecule has 7 N–H and O–H groups in total. The molecule has 1 aliphatic heterocycles. The number of carboxylic acid groups (broad SMARTS) is 1. The van der Waals surface area contributed by atoms with Crippen LogP contribution >= 0.6 is 12.4 Å². The summed E-state index contributed by atoms with van der Waals surface area (Å²) in [5.41, 5.74) is 11.9. The molecule has 1 aromatic carbocycles. The zero-order chi connectivity index (χ0) is 23.0. The van der Waals surface area contributed by atoms with Crippen molar-refractivity contribution in [2.75, 3.05) is 13.1 Å². The maximum Gasteiger partial charge on any atom is 0.331 e. The van der Waals surface area contributed by atoms with E-state index in [9.17, 15) is 14.4 Å². The monoisotopic (exact) mass is 466 g/mol. The van der Waals surface area contributed by atoms with Crippen LogP contribution in [0.25, 0.3) is 0 Å². The van der Waals surface area contributed by atoms with Gasteiger partial charge in [-0.05, 0) is 12.3 Å². The average Bonchev–Trinajstić information content (AvgIpc) is 3.36. The van der Waals surface area contributed by atoms with Crippen LogP contribution < -0.4 is 16.8 Å². The van der Waals surface area contributed by atoms with Crippen molar-refractivity contribution in [3.63, 3.8) is 0 Å². The van der Waals surface area contributed by atoms with Crippen LogP contribution in [-0.2, 0) is 20.9 Å². The Hall–Kier alpha value is -2.49. The number of nitrogens with one attached hydrogen (secondary N) is 2. The predicted octanol–water partition coefficient (Wildman–Crippen LogP) is 0.972. The van der Waals surface area contributed by atoms with Crippen molar-refractivity contribution in [1.29, 1.82) is 5.41 Å². The third kappa shape index (κ3) is 4.51. The van der Waals surface area contributed by atoms with Crippen molar-refractivity contribution in [2.45, 2.75) is 51.2 Å². The van der Waals surface area contributed by atoms with E-state index >= 15 is 0 Å². The third-order valence-corrected chi connectivity index (χ3v) is 6.77. The molecule has 9 nitrogen and oxygen atoms in total. The zero-order valence-corrected chi connectivity index (χ0v) is 19.3. The number of amides is 2. The van der Waals surface area contributed by atoms with Crippen LogP contribution in [0.1, 0.15) is 44.2 Å². The van der Waals surface area contributed by atoms with Gasteiger partial charge in [-0.2, -0.15) is 0 Å². The van der Waals surface area contributed by atoms with E-state index in [1.807, 2.05) is 26.0 Å². The molecule has 176 valence electrons. The van der Waals surface area contributed by atoms with Crippen LogP contribution in [0.2, 0.25) is 0 Å². The lowest BCUT2D eigenvalue weighted by molar-refractivity contribution is -0.885. The Labute approximate surface area is 194 Å². The molecule has 0 aromatic heterocycles. The Morgan fingerprint density at radius 1 is 1.25 bits per heavy atom. The number of nitrogen functional groups attached to an aromatic ring is 1. The van der Waals surface area contributed by atoms with Gasteiger partial charge in [-0.15, -0.1) is 12.4 Å². The number of amidine groups is 1. The van der Waals surface area contributed by atoms with Crippen LogP contribution in [-0.4, -0.2) is 57.9 Å². The smallest absolute Gasteiger partial charge is 0.331 e. The molecule has 2 amide bonds. The number of carbonyl (C=O) groups is 3. The van der Waals surface area contributed by atoms with Crippen molar-refractivity contribution < 1.29 is 24.0 Å². The number of likely N-dealkylation sites (tertiary alicyclic amines) is 1. The van der Waals surface area contributed by atoms with Crippen LogP contribution in [0.4, 0.5) is 0 Å². The number of rotatable bonds is 10. The van der Waals surface area contributed by atoms with E-state index in [4.69, 9.17) is 22.0 Å². The fraction of sp³-hybridized carbons (Fsp3) is 0.545. The number of piperidine rings is 1. The molecule has 0 spiro atoms. The number of aliphatic carboxylic acids is 1. The topological polar surface area (TPSA) is 159 Å². The lowest BCUT2D eigenvalue weighted by Gasteiger charge is -2.41. The Morgan fingerprint density at radius 3 is 2.34 bits per heavy atom. The van der Waals surface area contributed by atoms with Gasteiger partial charge in [-0.25, -0.2) is 9.28 Å². The Kier molecular flexibility index (Phi) is 7.70. The summed E-state index contributed by atoms with van der Waals surface area (Å²) in [5, 5.41) is 19.6. The number of primary amides is 1. The minimum absolute atomic E-state index is 0. The van der Waals surface area contributed by atoms with Gasteiger partial charge in [0.15, 0.2) is 5.54 Å². The molecule has 1 aliphatic carbocycles. The maximum absolute atomic E-state index is 14.0. The first-order valence-corrected chi connectivity index (χ1v) is 10.6. The molecular weight excluding hydrogens is 434 g/mol. The molecule has 0 bridgehead atoms. The van der Waals surface area contributed by atoms with Crippen molar-refractivity contribution >= 4 is 36.0 Å². The Bertz CT molecular complexity index is 906. The van der Waals surface area contributed by atoms with E-state index in [0.717, 1.165) is 12.0 Å². The molecule has 2 fully saturated rings. The number of hydrogen-bond donors (Lipinski definition) is 5. The molecule has 1 saturated carbocycles. The molecule has 3 rings (SSSR count). The van der Waals surface area contributed by atoms with E-state index in [2.05, 4.69) is 5.32 Å². The summed E-state index contributed by atoms with van der Waals surface area (Å²) >= 11 is 0. The summed E-state index contributed by atoms with van der Waals surface area (Å²) < 4.78 is -0.0869. The van der Waals surface area contributed by atoms with Crippen molar-refractivity contribution in [1.82, 2.24) is 5.32 Å². The first-order valence-electron chi connectivity index (χ1n) is 10.6. The van der Waals surface area contributed by atoms with Crippen LogP contribution in [0.3, 0.4) is 0 Å². The predicted molar refractivity (Wildman–Crippen MR) is 122 cm³/mol. The van der Waals surface area contributed by atoms with Gasteiger partial charge in [0.05, 0.1) is 13.1 Å². The van der Waals surface area contributed by atoms with Gasteiger partial charge in [0.2, 0.25) is 0 Å². The first-order chi connectivity index (χ1) is 14.5. The summed E-state index contributed by atoms with van der Waals surface area (Å²) in [6, 6.07) is 6.39. The first kappa shape index (κ1) is 25.8. The van der Waals surface area contributed by atoms with E-state index in [0.29, 0.717) is 31.5 Å². The maximum atomic E-state index is 14.0. The second-order valence-corrected chi connectivity index (χ2v) is 9.23. The van der Waals surface area contributed by atoms with Gasteiger partial charge in [0.25, 0.3) is 5.91 Å². The summed E-state index contributed by atoms with van der Waals surface area (Å²) in [5.74, 6) is -1.49. The number of fused-ring (bicyclic) bond motifs is 1. The van der Waals surface area contributed by atoms with E-state index < -0.39 is 23.5 Å². The molecule has 32 heavy (non-hydrogen) atoms. The minimum Gasteiger partial charge on any atom is -0.480 e. The highest BCUT2D eigenvalue weighted by Crippen LogP contribution is 2.61. The van der Waals surface area contributed by atoms with Crippen molar-refractivity contribution in [2.24, 2.45) is 23.3 Å².